The highest BCUT2D eigenvalue weighted by Gasteiger charge is 2.10. The minimum absolute atomic E-state index is 0.140. The van der Waals surface area contributed by atoms with Gasteiger partial charge in [-0.05, 0) is 27.9 Å². The van der Waals surface area contributed by atoms with Crippen LogP contribution in [0.3, 0.4) is 0 Å². The monoisotopic (exact) mass is 184 g/mol. The lowest BCUT2D eigenvalue weighted by atomic mass is 10.2. The van der Waals surface area contributed by atoms with Gasteiger partial charge in [-0.3, -0.25) is 0 Å². The first kappa shape index (κ1) is 12.2. The summed E-state index contributed by atoms with van der Waals surface area (Å²) < 4.78 is 5.44. The van der Waals surface area contributed by atoms with Crippen molar-refractivity contribution in [2.45, 2.75) is 25.9 Å². The van der Waals surface area contributed by atoms with Gasteiger partial charge in [-0.2, -0.15) is 0 Å². The van der Waals surface area contributed by atoms with Crippen molar-refractivity contribution < 1.29 is 4.74 Å². The molecule has 13 heavy (non-hydrogen) atoms. The molecule has 3 nitrogen and oxygen atoms in total. The summed E-state index contributed by atoms with van der Waals surface area (Å²) in [4.78, 5) is 0. The number of hydrogen-bond donors (Lipinski definition) is 2. The van der Waals surface area contributed by atoms with E-state index in [1.807, 2.05) is 27.9 Å². The summed E-state index contributed by atoms with van der Waals surface area (Å²) in [7, 11) is 3.73. The fraction of sp³-hybridized carbons (Fsp3) is 0.600. The second kappa shape index (κ2) is 5.78. The van der Waals surface area contributed by atoms with E-state index in [1.54, 1.807) is 0 Å². The molecule has 0 aliphatic carbocycles. The first-order chi connectivity index (χ1) is 6.02. The van der Waals surface area contributed by atoms with E-state index in [1.165, 1.54) is 0 Å². The smallest absolute Gasteiger partial charge is 0.113 e. The molecule has 0 radical (unpaired) electrons. The number of ether oxygens (including phenoxy) is 1. The SMILES string of the molecule is C=C(OC(=C)C(C)NC)C(C)NC. The minimum Gasteiger partial charge on any atom is -0.464 e. The van der Waals surface area contributed by atoms with Gasteiger partial charge in [0.2, 0.25) is 0 Å². The van der Waals surface area contributed by atoms with Crippen molar-refractivity contribution in [1.82, 2.24) is 10.6 Å². The highest BCUT2D eigenvalue weighted by molar-refractivity contribution is 5.03. The average Bonchev–Trinajstić information content (AvgIpc) is 2.14. The molecule has 0 aromatic heterocycles. The van der Waals surface area contributed by atoms with Crippen LogP contribution >= 0.6 is 0 Å². The molecular weight excluding hydrogens is 164 g/mol. The Morgan fingerprint density at radius 1 is 1.00 bits per heavy atom. The molecule has 0 saturated heterocycles. The number of nitrogens with one attached hydrogen (secondary N) is 2. The Morgan fingerprint density at radius 3 is 1.54 bits per heavy atom. The van der Waals surface area contributed by atoms with Gasteiger partial charge in [-0.1, -0.05) is 13.2 Å². The normalized spacial score (nSPS) is 14.8. The van der Waals surface area contributed by atoms with Gasteiger partial charge >= 0.3 is 0 Å². The molecule has 0 aliphatic heterocycles. The van der Waals surface area contributed by atoms with Gasteiger partial charge in [0.1, 0.15) is 11.5 Å². The molecule has 2 atom stereocenters. The summed E-state index contributed by atoms with van der Waals surface area (Å²) in [6.45, 7) is 11.6. The van der Waals surface area contributed by atoms with E-state index in [4.69, 9.17) is 4.74 Å². The maximum atomic E-state index is 5.44. The molecule has 0 rings (SSSR count). The van der Waals surface area contributed by atoms with Crippen LogP contribution in [0.5, 0.6) is 0 Å². The van der Waals surface area contributed by atoms with Crippen molar-refractivity contribution in [3.8, 4) is 0 Å². The Balaban J connectivity index is 3.99. The molecule has 0 aromatic carbocycles. The van der Waals surface area contributed by atoms with Gasteiger partial charge in [0, 0.05) is 0 Å². The van der Waals surface area contributed by atoms with Gasteiger partial charge in [-0.25, -0.2) is 0 Å². The molecule has 0 aliphatic rings. The molecule has 0 fully saturated rings. The summed E-state index contributed by atoms with van der Waals surface area (Å²) in [5, 5.41) is 6.08. The van der Waals surface area contributed by atoms with Crippen molar-refractivity contribution >= 4 is 0 Å². The highest BCUT2D eigenvalue weighted by atomic mass is 16.5. The van der Waals surface area contributed by atoms with Crippen LogP contribution in [0.1, 0.15) is 13.8 Å². The molecule has 0 heterocycles. The van der Waals surface area contributed by atoms with Crippen molar-refractivity contribution in [3.05, 3.63) is 24.7 Å². The van der Waals surface area contributed by atoms with E-state index in [0.717, 1.165) is 0 Å². The zero-order chi connectivity index (χ0) is 10.4. The summed E-state index contributed by atoms with van der Waals surface area (Å²) in [6.07, 6.45) is 0. The van der Waals surface area contributed by atoms with Crippen molar-refractivity contribution in [3.63, 3.8) is 0 Å². The van der Waals surface area contributed by atoms with E-state index in [-0.39, 0.29) is 12.1 Å². The molecule has 2 unspecified atom stereocenters. The van der Waals surface area contributed by atoms with Crippen molar-refractivity contribution in [1.29, 1.82) is 0 Å². The summed E-state index contributed by atoms with van der Waals surface area (Å²) in [5.74, 6) is 1.38. The molecule has 0 spiro atoms. The maximum Gasteiger partial charge on any atom is 0.113 e. The average molecular weight is 184 g/mol. The van der Waals surface area contributed by atoms with Crippen LogP contribution in [0.15, 0.2) is 24.7 Å². The van der Waals surface area contributed by atoms with E-state index < -0.39 is 0 Å². The maximum absolute atomic E-state index is 5.44. The van der Waals surface area contributed by atoms with Gasteiger partial charge in [0.05, 0.1) is 12.1 Å². The fourth-order valence-corrected chi connectivity index (χ4v) is 0.667. The first-order valence-electron chi connectivity index (χ1n) is 4.42. The van der Waals surface area contributed by atoms with Crippen LogP contribution in [0.25, 0.3) is 0 Å². The Bertz CT molecular complexity index is 169. The molecule has 2 N–H and O–H groups in total. The quantitative estimate of drug-likeness (QED) is 0.609. The molecule has 76 valence electrons. The van der Waals surface area contributed by atoms with E-state index >= 15 is 0 Å². The number of rotatable bonds is 6. The largest absolute Gasteiger partial charge is 0.464 e. The topological polar surface area (TPSA) is 33.3 Å². The van der Waals surface area contributed by atoms with Gasteiger partial charge in [0.15, 0.2) is 0 Å². The molecule has 0 bridgehead atoms. The van der Waals surface area contributed by atoms with Crippen LogP contribution in [-0.2, 0) is 4.74 Å². The zero-order valence-electron chi connectivity index (χ0n) is 8.98. The molecule has 0 amide bonds. The third kappa shape index (κ3) is 4.10. The van der Waals surface area contributed by atoms with Crippen molar-refractivity contribution in [2.75, 3.05) is 14.1 Å². The molecule has 0 aromatic rings. The summed E-state index contributed by atoms with van der Waals surface area (Å²) in [5.41, 5.74) is 0. The Kier molecular flexibility index (Phi) is 5.42. The standard InChI is InChI=1S/C10H20N2O/c1-7(11-5)9(3)13-10(4)8(2)12-6/h7-8,11-12H,3-4H2,1-2,5-6H3. The van der Waals surface area contributed by atoms with E-state index in [0.29, 0.717) is 11.5 Å². The van der Waals surface area contributed by atoms with E-state index in [9.17, 15) is 0 Å². The second-order valence-electron chi connectivity index (χ2n) is 3.06. The van der Waals surface area contributed by atoms with Crippen LogP contribution in [-0.4, -0.2) is 26.2 Å². The third-order valence-corrected chi connectivity index (χ3v) is 2.09. The highest BCUT2D eigenvalue weighted by Crippen LogP contribution is 2.09. The van der Waals surface area contributed by atoms with E-state index in [2.05, 4.69) is 23.8 Å². The Labute approximate surface area is 80.9 Å². The number of hydrogen-bond acceptors (Lipinski definition) is 3. The number of likely N-dealkylation sites (N-methyl/N-ethyl adjacent to an activating group) is 2. The fourth-order valence-electron chi connectivity index (χ4n) is 0.667. The van der Waals surface area contributed by atoms with Crippen LogP contribution < -0.4 is 10.6 Å². The lowest BCUT2D eigenvalue weighted by Gasteiger charge is -2.19. The Morgan fingerprint density at radius 2 is 1.31 bits per heavy atom. The summed E-state index contributed by atoms with van der Waals surface area (Å²) >= 11 is 0. The van der Waals surface area contributed by atoms with Gasteiger partial charge in [-0.15, -0.1) is 0 Å². The molecule has 0 saturated carbocycles. The van der Waals surface area contributed by atoms with Gasteiger partial charge < -0.3 is 15.4 Å². The predicted octanol–water partition coefficient (Wildman–Crippen LogP) is 1.25. The Hall–Kier alpha value is -0.800. The minimum atomic E-state index is 0.140. The lowest BCUT2D eigenvalue weighted by Crippen LogP contribution is -2.28. The predicted molar refractivity (Wildman–Crippen MR) is 56.4 cm³/mol. The van der Waals surface area contributed by atoms with Crippen LogP contribution in [0.4, 0.5) is 0 Å². The third-order valence-electron chi connectivity index (χ3n) is 2.09. The van der Waals surface area contributed by atoms with Crippen LogP contribution in [0, 0.1) is 0 Å². The first-order valence-corrected chi connectivity index (χ1v) is 4.42. The van der Waals surface area contributed by atoms with Gasteiger partial charge in [0.25, 0.3) is 0 Å². The van der Waals surface area contributed by atoms with Crippen LogP contribution in [0.2, 0.25) is 0 Å². The van der Waals surface area contributed by atoms with Crippen molar-refractivity contribution in [2.24, 2.45) is 0 Å². The summed E-state index contributed by atoms with van der Waals surface area (Å²) in [6, 6.07) is 0.279. The zero-order valence-corrected chi connectivity index (χ0v) is 8.98. The second-order valence-corrected chi connectivity index (χ2v) is 3.06. The molecule has 3 heteroatoms. The lowest BCUT2D eigenvalue weighted by molar-refractivity contribution is 0.249. The molecular formula is C10H20N2O.